The molecule has 1 N–H and O–H groups in total. The molecule has 0 aromatic heterocycles. The fraction of sp³-hybridized carbons (Fsp3) is 0.556. The number of rotatable bonds is 2. The summed E-state index contributed by atoms with van der Waals surface area (Å²) in [6.45, 7) is 7.55. The molecular weight excluding hydrogens is 248 g/mol. The van der Waals surface area contributed by atoms with E-state index in [4.69, 9.17) is 4.74 Å². The Kier molecular flexibility index (Phi) is 3.47. The van der Waals surface area contributed by atoms with Gasteiger partial charge in [0.2, 0.25) is 0 Å². The molecule has 108 valence electrons. The van der Waals surface area contributed by atoms with Crippen LogP contribution in [-0.2, 0) is 4.74 Å². The quantitative estimate of drug-likeness (QED) is 0.834. The molecule has 1 aromatic carbocycles. The Hall–Kier alpha value is -1.12. The van der Waals surface area contributed by atoms with Gasteiger partial charge in [-0.3, -0.25) is 0 Å². The van der Waals surface area contributed by atoms with Gasteiger partial charge < -0.3 is 9.84 Å². The van der Waals surface area contributed by atoms with E-state index in [1.54, 1.807) is 0 Å². The number of allylic oxidation sites excluding steroid dienone is 1. The highest BCUT2D eigenvalue weighted by molar-refractivity contribution is 5.27. The number of hydrogen-bond donors (Lipinski definition) is 1. The predicted molar refractivity (Wildman–Crippen MR) is 80.2 cm³/mol. The zero-order valence-corrected chi connectivity index (χ0v) is 12.5. The first-order chi connectivity index (χ1) is 9.60. The Morgan fingerprint density at radius 3 is 2.60 bits per heavy atom. The van der Waals surface area contributed by atoms with Crippen molar-refractivity contribution < 1.29 is 9.84 Å². The van der Waals surface area contributed by atoms with Crippen LogP contribution in [0.25, 0.3) is 0 Å². The van der Waals surface area contributed by atoms with Crippen molar-refractivity contribution in [1.29, 1.82) is 0 Å². The van der Waals surface area contributed by atoms with Crippen LogP contribution < -0.4 is 0 Å². The van der Waals surface area contributed by atoms with Gasteiger partial charge in [-0.15, -0.1) is 0 Å². The van der Waals surface area contributed by atoms with Crippen LogP contribution in [0.15, 0.2) is 42.0 Å². The van der Waals surface area contributed by atoms with E-state index in [1.165, 1.54) is 11.1 Å². The summed E-state index contributed by atoms with van der Waals surface area (Å²) >= 11 is 0. The lowest BCUT2D eigenvalue weighted by Crippen LogP contribution is -2.53. The molecule has 0 spiro atoms. The molecule has 2 nitrogen and oxygen atoms in total. The largest absolute Gasteiger partial charge is 0.396 e. The van der Waals surface area contributed by atoms with E-state index >= 15 is 0 Å². The maximum absolute atomic E-state index is 9.97. The second kappa shape index (κ2) is 5.01. The monoisotopic (exact) mass is 272 g/mol. The molecule has 0 radical (unpaired) electrons. The van der Waals surface area contributed by atoms with Crippen molar-refractivity contribution in [3.8, 4) is 0 Å². The van der Waals surface area contributed by atoms with Crippen molar-refractivity contribution >= 4 is 0 Å². The molecular formula is C18H24O2. The number of fused-ring (bicyclic) bond motifs is 2. The predicted octanol–water partition coefficient (Wildman–Crippen LogP) is 3.58. The van der Waals surface area contributed by atoms with Crippen molar-refractivity contribution in [2.45, 2.75) is 26.9 Å². The van der Waals surface area contributed by atoms with Gasteiger partial charge in [0.1, 0.15) is 0 Å². The standard InChI is InChI=1S/C18H24O2/c1-12-9-13(2)18(10-19)11-20-17(16(12)14(18)3)15-7-5-4-6-8-15/h4-9,13-14,16-17,19H,10-11H2,1-3H3/t13-,14+,16-,17-,18+/m0/s1. The summed E-state index contributed by atoms with van der Waals surface area (Å²) in [5, 5.41) is 9.97. The maximum atomic E-state index is 9.97. The maximum Gasteiger partial charge on any atom is 0.0893 e. The third kappa shape index (κ3) is 1.86. The zero-order valence-electron chi connectivity index (χ0n) is 12.5. The third-order valence-corrected chi connectivity index (χ3v) is 5.67. The Morgan fingerprint density at radius 1 is 1.25 bits per heavy atom. The van der Waals surface area contributed by atoms with Gasteiger partial charge in [0.05, 0.1) is 19.3 Å². The number of benzene rings is 1. The molecule has 5 atom stereocenters. The van der Waals surface area contributed by atoms with Crippen molar-refractivity contribution in [2.75, 3.05) is 13.2 Å². The SMILES string of the molecule is CC1=C[C@H](C)[C@@]2(CO)CO[C@@H](c3ccccc3)[C@@H]1[C@H]2C. The summed E-state index contributed by atoms with van der Waals surface area (Å²) in [6.07, 6.45) is 2.47. The highest BCUT2D eigenvalue weighted by Gasteiger charge is 2.53. The highest BCUT2D eigenvalue weighted by Crippen LogP contribution is 2.55. The zero-order chi connectivity index (χ0) is 14.3. The van der Waals surface area contributed by atoms with Crippen molar-refractivity contribution in [3.63, 3.8) is 0 Å². The van der Waals surface area contributed by atoms with E-state index in [2.05, 4.69) is 51.1 Å². The normalized spacial score (nSPS) is 40.3. The molecule has 20 heavy (non-hydrogen) atoms. The molecule has 2 aliphatic rings. The van der Waals surface area contributed by atoms with Gasteiger partial charge in [0, 0.05) is 11.3 Å². The van der Waals surface area contributed by atoms with Crippen LogP contribution in [0.3, 0.4) is 0 Å². The van der Waals surface area contributed by atoms with Crippen LogP contribution in [0.1, 0.15) is 32.4 Å². The summed E-state index contributed by atoms with van der Waals surface area (Å²) in [7, 11) is 0. The van der Waals surface area contributed by atoms with Crippen LogP contribution >= 0.6 is 0 Å². The molecule has 3 rings (SSSR count). The van der Waals surface area contributed by atoms with E-state index in [0.717, 1.165) is 0 Å². The molecule has 0 unspecified atom stereocenters. The van der Waals surface area contributed by atoms with Gasteiger partial charge in [0.15, 0.2) is 0 Å². The first kappa shape index (κ1) is 13.8. The van der Waals surface area contributed by atoms with Crippen LogP contribution in [0.4, 0.5) is 0 Å². The fourth-order valence-corrected chi connectivity index (χ4v) is 4.23. The molecule has 2 heteroatoms. The summed E-state index contributed by atoms with van der Waals surface area (Å²) in [5.74, 6) is 1.18. The molecule has 1 fully saturated rings. The third-order valence-electron chi connectivity index (χ3n) is 5.67. The van der Waals surface area contributed by atoms with E-state index in [9.17, 15) is 5.11 Å². The summed E-state index contributed by atoms with van der Waals surface area (Å²) in [4.78, 5) is 0. The average molecular weight is 272 g/mol. The number of aliphatic hydroxyl groups is 1. The first-order valence-electron chi connectivity index (χ1n) is 7.56. The Labute approximate surface area is 121 Å². The van der Waals surface area contributed by atoms with E-state index in [0.29, 0.717) is 24.4 Å². The highest BCUT2D eigenvalue weighted by atomic mass is 16.5. The van der Waals surface area contributed by atoms with Gasteiger partial charge in [-0.2, -0.15) is 0 Å². The summed E-state index contributed by atoms with van der Waals surface area (Å²) in [5.41, 5.74) is 2.54. The van der Waals surface area contributed by atoms with Gasteiger partial charge in [-0.05, 0) is 24.3 Å². The first-order valence-corrected chi connectivity index (χ1v) is 7.56. The van der Waals surface area contributed by atoms with Gasteiger partial charge in [-0.1, -0.05) is 55.8 Å². The lowest BCUT2D eigenvalue weighted by Gasteiger charge is -2.55. The van der Waals surface area contributed by atoms with Crippen molar-refractivity contribution in [3.05, 3.63) is 47.5 Å². The molecule has 0 amide bonds. The molecule has 1 heterocycles. The fourth-order valence-electron chi connectivity index (χ4n) is 4.23. The van der Waals surface area contributed by atoms with Gasteiger partial charge >= 0.3 is 0 Å². The van der Waals surface area contributed by atoms with E-state index in [1.807, 2.05) is 6.07 Å². The lowest BCUT2D eigenvalue weighted by atomic mass is 9.56. The number of ether oxygens (including phenoxy) is 1. The van der Waals surface area contributed by atoms with Crippen LogP contribution in [0, 0.1) is 23.2 Å². The van der Waals surface area contributed by atoms with Crippen molar-refractivity contribution in [2.24, 2.45) is 23.2 Å². The minimum Gasteiger partial charge on any atom is -0.396 e. The topological polar surface area (TPSA) is 29.5 Å². The molecule has 1 saturated heterocycles. The van der Waals surface area contributed by atoms with E-state index in [-0.39, 0.29) is 18.1 Å². The lowest BCUT2D eigenvalue weighted by molar-refractivity contribution is -0.165. The number of hydrogen-bond acceptors (Lipinski definition) is 2. The minimum atomic E-state index is -0.116. The smallest absolute Gasteiger partial charge is 0.0893 e. The van der Waals surface area contributed by atoms with Crippen LogP contribution in [0.5, 0.6) is 0 Å². The second-order valence-electron chi connectivity index (χ2n) is 6.55. The summed E-state index contributed by atoms with van der Waals surface area (Å²) < 4.78 is 6.24. The molecule has 2 bridgehead atoms. The van der Waals surface area contributed by atoms with Gasteiger partial charge in [0.25, 0.3) is 0 Å². The average Bonchev–Trinajstić information content (AvgIpc) is 2.46. The Morgan fingerprint density at radius 2 is 1.95 bits per heavy atom. The number of aliphatic hydroxyl groups excluding tert-OH is 1. The van der Waals surface area contributed by atoms with Crippen molar-refractivity contribution in [1.82, 2.24) is 0 Å². The minimum absolute atomic E-state index is 0.116. The molecule has 1 aliphatic carbocycles. The Bertz CT molecular complexity index is 507. The molecule has 1 aromatic rings. The van der Waals surface area contributed by atoms with Gasteiger partial charge in [-0.25, -0.2) is 0 Å². The van der Waals surface area contributed by atoms with Crippen LogP contribution in [-0.4, -0.2) is 18.3 Å². The van der Waals surface area contributed by atoms with Crippen LogP contribution in [0.2, 0.25) is 0 Å². The molecule has 0 saturated carbocycles. The summed E-state index contributed by atoms with van der Waals surface area (Å²) in [6, 6.07) is 10.5. The second-order valence-corrected chi connectivity index (χ2v) is 6.55. The van der Waals surface area contributed by atoms with E-state index < -0.39 is 0 Å². The molecule has 1 aliphatic heterocycles. The Balaban J connectivity index is 2.02.